The van der Waals surface area contributed by atoms with Crippen LogP contribution in [-0.4, -0.2) is 17.8 Å². The zero-order chi connectivity index (χ0) is 12.3. The molecular weight excluding hydrogens is 228 g/mol. The lowest BCUT2D eigenvalue weighted by Crippen LogP contribution is -2.28. The van der Waals surface area contributed by atoms with Crippen LogP contribution in [-0.2, 0) is 0 Å². The highest BCUT2D eigenvalue weighted by Crippen LogP contribution is 2.24. The third-order valence-electron chi connectivity index (χ3n) is 2.88. The minimum absolute atomic E-state index is 0.119. The number of nitrogens with one attached hydrogen (secondary N) is 1. The van der Waals surface area contributed by atoms with E-state index in [4.69, 9.17) is 5.73 Å². The van der Waals surface area contributed by atoms with Gasteiger partial charge in [0.15, 0.2) is 0 Å². The molecular formula is C14H22N2S. The average Bonchev–Trinajstić information content (AvgIpc) is 3.10. The van der Waals surface area contributed by atoms with Crippen LogP contribution in [0.15, 0.2) is 29.2 Å². The highest BCUT2D eigenvalue weighted by atomic mass is 32.2. The summed E-state index contributed by atoms with van der Waals surface area (Å²) < 4.78 is 0. The van der Waals surface area contributed by atoms with E-state index in [9.17, 15) is 0 Å². The summed E-state index contributed by atoms with van der Waals surface area (Å²) in [5.74, 6) is 0. The van der Waals surface area contributed by atoms with Gasteiger partial charge < -0.3 is 11.1 Å². The first-order chi connectivity index (χ1) is 8.15. The van der Waals surface area contributed by atoms with E-state index in [1.54, 1.807) is 0 Å². The molecule has 0 bridgehead atoms. The minimum Gasteiger partial charge on any atom is -0.323 e. The lowest BCUT2D eigenvalue weighted by atomic mass is 10.1. The molecule has 0 amide bonds. The number of benzene rings is 1. The molecule has 0 radical (unpaired) electrons. The Balaban J connectivity index is 1.86. The molecule has 2 nitrogen and oxygen atoms in total. The van der Waals surface area contributed by atoms with Gasteiger partial charge in [0.2, 0.25) is 0 Å². The van der Waals surface area contributed by atoms with Crippen LogP contribution >= 0.6 is 11.8 Å². The van der Waals surface area contributed by atoms with E-state index >= 15 is 0 Å². The normalized spacial score (nSPS) is 17.4. The Morgan fingerprint density at radius 1 is 1.29 bits per heavy atom. The summed E-state index contributed by atoms with van der Waals surface area (Å²) in [6, 6.07) is 9.52. The van der Waals surface area contributed by atoms with Crippen molar-refractivity contribution < 1.29 is 0 Å². The smallest absolute Gasteiger partial charge is 0.0421 e. The fraction of sp³-hybridized carbons (Fsp3) is 0.571. The van der Waals surface area contributed by atoms with Crippen LogP contribution in [0, 0.1) is 0 Å². The Morgan fingerprint density at radius 2 is 1.94 bits per heavy atom. The van der Waals surface area contributed by atoms with E-state index in [2.05, 4.69) is 43.4 Å². The number of hydrogen-bond donors (Lipinski definition) is 2. The summed E-state index contributed by atoms with van der Waals surface area (Å²) in [5.41, 5.74) is 7.38. The highest BCUT2D eigenvalue weighted by molar-refractivity contribution is 7.99. The molecule has 1 aliphatic rings. The fourth-order valence-electron chi connectivity index (χ4n) is 1.76. The highest BCUT2D eigenvalue weighted by Gasteiger charge is 2.21. The number of nitrogens with two attached hydrogens (primary N) is 1. The number of hydrogen-bond acceptors (Lipinski definition) is 3. The Morgan fingerprint density at radius 3 is 2.47 bits per heavy atom. The second kappa shape index (κ2) is 5.89. The van der Waals surface area contributed by atoms with Crippen LogP contribution in [0.5, 0.6) is 0 Å². The summed E-state index contributed by atoms with van der Waals surface area (Å²) in [5, 5.41) is 4.10. The number of thioether (sulfide) groups is 1. The summed E-state index contributed by atoms with van der Waals surface area (Å²) in [6.07, 6.45) is 2.63. The second-order valence-corrected chi connectivity index (χ2v) is 6.67. The molecule has 0 spiro atoms. The molecule has 0 aromatic heterocycles. The first-order valence-corrected chi connectivity index (χ1v) is 7.28. The van der Waals surface area contributed by atoms with Crippen molar-refractivity contribution in [2.45, 2.75) is 48.9 Å². The average molecular weight is 250 g/mol. The summed E-state index contributed by atoms with van der Waals surface area (Å²) in [4.78, 5) is 1.33. The molecule has 17 heavy (non-hydrogen) atoms. The summed E-state index contributed by atoms with van der Waals surface area (Å²) in [6.45, 7) is 5.31. The fourth-order valence-corrected chi connectivity index (χ4v) is 2.60. The van der Waals surface area contributed by atoms with Gasteiger partial charge in [0.05, 0.1) is 0 Å². The van der Waals surface area contributed by atoms with Crippen LogP contribution in [0.4, 0.5) is 0 Å². The monoisotopic (exact) mass is 250 g/mol. The van der Waals surface area contributed by atoms with Crippen molar-refractivity contribution >= 4 is 11.8 Å². The van der Waals surface area contributed by atoms with Crippen molar-refractivity contribution in [2.24, 2.45) is 5.73 Å². The SMILES string of the molecule is CC(C)Sc1ccc(C(N)CNC2CC2)cc1. The van der Waals surface area contributed by atoms with Gasteiger partial charge in [-0.05, 0) is 30.5 Å². The topological polar surface area (TPSA) is 38.0 Å². The van der Waals surface area contributed by atoms with Gasteiger partial charge in [-0.1, -0.05) is 26.0 Å². The summed E-state index contributed by atoms with van der Waals surface area (Å²) >= 11 is 1.89. The van der Waals surface area contributed by atoms with Crippen molar-refractivity contribution in [1.82, 2.24) is 5.32 Å². The standard InChI is InChI=1S/C14H22N2S/c1-10(2)17-13-7-3-11(4-8-13)14(15)9-16-12-5-6-12/h3-4,7-8,10,12,14,16H,5-6,9,15H2,1-2H3. The van der Waals surface area contributed by atoms with Crippen LogP contribution in [0.3, 0.4) is 0 Å². The molecule has 3 N–H and O–H groups in total. The maximum Gasteiger partial charge on any atom is 0.0421 e. The van der Waals surface area contributed by atoms with Gasteiger partial charge in [-0.3, -0.25) is 0 Å². The molecule has 1 saturated carbocycles. The Kier molecular flexibility index (Phi) is 4.48. The minimum atomic E-state index is 0.119. The van der Waals surface area contributed by atoms with Gasteiger partial charge in [-0.15, -0.1) is 11.8 Å². The van der Waals surface area contributed by atoms with E-state index in [0.717, 1.165) is 12.6 Å². The van der Waals surface area contributed by atoms with E-state index in [0.29, 0.717) is 5.25 Å². The van der Waals surface area contributed by atoms with Crippen LogP contribution in [0.25, 0.3) is 0 Å². The molecule has 94 valence electrons. The van der Waals surface area contributed by atoms with E-state index < -0.39 is 0 Å². The Labute approximate surface area is 108 Å². The predicted molar refractivity (Wildman–Crippen MR) is 75.4 cm³/mol. The zero-order valence-corrected chi connectivity index (χ0v) is 11.5. The third kappa shape index (κ3) is 4.34. The van der Waals surface area contributed by atoms with Gasteiger partial charge in [-0.25, -0.2) is 0 Å². The molecule has 0 heterocycles. The van der Waals surface area contributed by atoms with E-state index in [1.807, 2.05) is 11.8 Å². The molecule has 2 rings (SSSR count). The third-order valence-corrected chi connectivity index (χ3v) is 3.90. The maximum absolute atomic E-state index is 6.15. The molecule has 0 aliphatic heterocycles. The van der Waals surface area contributed by atoms with Crippen LogP contribution in [0.2, 0.25) is 0 Å². The molecule has 1 fully saturated rings. The first kappa shape index (κ1) is 12.9. The Hall–Kier alpha value is -0.510. The lowest BCUT2D eigenvalue weighted by molar-refractivity contribution is 0.595. The molecule has 1 aromatic carbocycles. The maximum atomic E-state index is 6.15. The van der Waals surface area contributed by atoms with Crippen molar-refractivity contribution in [3.8, 4) is 0 Å². The molecule has 3 heteroatoms. The quantitative estimate of drug-likeness (QED) is 0.762. The number of rotatable bonds is 6. The molecule has 1 unspecified atom stereocenters. The lowest BCUT2D eigenvalue weighted by Gasteiger charge is -2.13. The van der Waals surface area contributed by atoms with Crippen LogP contribution in [0.1, 0.15) is 38.3 Å². The Bertz CT molecular complexity index is 344. The first-order valence-electron chi connectivity index (χ1n) is 6.40. The zero-order valence-electron chi connectivity index (χ0n) is 10.6. The van der Waals surface area contributed by atoms with Gasteiger partial charge in [0, 0.05) is 28.8 Å². The predicted octanol–water partition coefficient (Wildman–Crippen LogP) is 2.94. The summed E-state index contributed by atoms with van der Waals surface area (Å²) in [7, 11) is 0. The second-order valence-electron chi connectivity index (χ2n) is 5.02. The van der Waals surface area contributed by atoms with Crippen LogP contribution < -0.4 is 11.1 Å². The molecule has 1 aliphatic carbocycles. The molecule has 0 saturated heterocycles. The molecule has 1 aromatic rings. The van der Waals surface area contributed by atoms with Crippen molar-refractivity contribution in [3.63, 3.8) is 0 Å². The molecule has 1 atom stereocenters. The largest absolute Gasteiger partial charge is 0.323 e. The van der Waals surface area contributed by atoms with Gasteiger partial charge in [0.25, 0.3) is 0 Å². The van der Waals surface area contributed by atoms with Gasteiger partial charge >= 0.3 is 0 Å². The van der Waals surface area contributed by atoms with Gasteiger partial charge in [0.1, 0.15) is 0 Å². The van der Waals surface area contributed by atoms with Crippen molar-refractivity contribution in [2.75, 3.05) is 6.54 Å². The van der Waals surface area contributed by atoms with E-state index in [1.165, 1.54) is 23.3 Å². The van der Waals surface area contributed by atoms with Gasteiger partial charge in [-0.2, -0.15) is 0 Å². The van der Waals surface area contributed by atoms with E-state index in [-0.39, 0.29) is 6.04 Å². The van der Waals surface area contributed by atoms with Crippen molar-refractivity contribution in [1.29, 1.82) is 0 Å². The van der Waals surface area contributed by atoms with Crippen molar-refractivity contribution in [3.05, 3.63) is 29.8 Å².